The Hall–Kier alpha value is -3.51. The number of hydrogen-bond acceptors (Lipinski definition) is 7. The van der Waals surface area contributed by atoms with E-state index < -0.39 is 17.9 Å². The zero-order chi connectivity index (χ0) is 19.6. The maximum atomic E-state index is 12.6. The molecule has 0 spiro atoms. The molecular weight excluding hydrogens is 369 g/mol. The molecule has 0 aliphatic heterocycles. The summed E-state index contributed by atoms with van der Waals surface area (Å²) in [5, 5.41) is 11.7. The number of rotatable bonds is 5. The smallest absolute Gasteiger partial charge is 0.451 e. The molecule has 0 saturated carbocycles. The van der Waals surface area contributed by atoms with Gasteiger partial charge in [0.15, 0.2) is 0 Å². The quantitative estimate of drug-likeness (QED) is 0.676. The molecule has 10 nitrogen and oxygen atoms in total. The SMILES string of the molecule is COc1ccc(CNC(=O)c2nc(C)n(-c3n[nH]c(C(F)(F)F)n3)n2)cn1. The Kier molecular flexibility index (Phi) is 4.75. The number of carbonyl (C=O) groups excluding carboxylic acids is 1. The van der Waals surface area contributed by atoms with E-state index in [1.165, 1.54) is 20.2 Å². The molecule has 142 valence electrons. The van der Waals surface area contributed by atoms with Crippen LogP contribution < -0.4 is 10.1 Å². The number of alkyl halides is 3. The molecule has 3 rings (SSSR count). The Morgan fingerprint density at radius 2 is 2.11 bits per heavy atom. The Labute approximate surface area is 149 Å². The first-order valence-corrected chi connectivity index (χ1v) is 7.48. The lowest BCUT2D eigenvalue weighted by molar-refractivity contribution is -0.144. The lowest BCUT2D eigenvalue weighted by atomic mass is 10.3. The first kappa shape index (κ1) is 18.3. The van der Waals surface area contributed by atoms with Crippen LogP contribution >= 0.6 is 0 Å². The van der Waals surface area contributed by atoms with Crippen molar-refractivity contribution >= 4 is 5.91 Å². The average molecular weight is 382 g/mol. The number of nitrogens with zero attached hydrogens (tertiary/aromatic N) is 6. The number of H-pyrrole nitrogens is 1. The molecule has 2 N–H and O–H groups in total. The van der Waals surface area contributed by atoms with Crippen LogP contribution in [-0.2, 0) is 12.7 Å². The highest BCUT2D eigenvalue weighted by atomic mass is 19.4. The summed E-state index contributed by atoms with van der Waals surface area (Å²) in [7, 11) is 1.49. The Morgan fingerprint density at radius 3 is 2.70 bits per heavy atom. The number of nitrogens with one attached hydrogen (secondary N) is 2. The second-order valence-corrected chi connectivity index (χ2v) is 5.27. The molecule has 0 bridgehead atoms. The zero-order valence-corrected chi connectivity index (χ0v) is 14.1. The molecule has 0 fully saturated rings. The Bertz CT molecular complexity index is 948. The van der Waals surface area contributed by atoms with Gasteiger partial charge < -0.3 is 10.1 Å². The summed E-state index contributed by atoms with van der Waals surface area (Å²) in [6.45, 7) is 1.61. The van der Waals surface area contributed by atoms with Crippen molar-refractivity contribution in [3.63, 3.8) is 0 Å². The van der Waals surface area contributed by atoms with E-state index in [9.17, 15) is 18.0 Å². The number of carbonyl (C=O) groups is 1. The third-order valence-electron chi connectivity index (χ3n) is 3.36. The summed E-state index contributed by atoms with van der Waals surface area (Å²) >= 11 is 0. The first-order valence-electron chi connectivity index (χ1n) is 7.48. The van der Waals surface area contributed by atoms with Gasteiger partial charge in [0.2, 0.25) is 17.5 Å². The number of aromatic nitrogens is 7. The van der Waals surface area contributed by atoms with E-state index in [4.69, 9.17) is 4.74 Å². The number of amides is 1. The lowest BCUT2D eigenvalue weighted by Crippen LogP contribution is -2.24. The zero-order valence-electron chi connectivity index (χ0n) is 14.1. The maximum absolute atomic E-state index is 12.6. The number of aromatic amines is 1. The summed E-state index contributed by atoms with van der Waals surface area (Å²) < 4.78 is 43.7. The summed E-state index contributed by atoms with van der Waals surface area (Å²) in [4.78, 5) is 23.4. The van der Waals surface area contributed by atoms with Crippen LogP contribution in [0, 0.1) is 6.92 Å². The first-order chi connectivity index (χ1) is 12.8. The predicted octanol–water partition coefficient (Wildman–Crippen LogP) is 1.05. The minimum atomic E-state index is -4.67. The number of halogens is 3. The average Bonchev–Trinajstić information content (AvgIpc) is 3.26. The third kappa shape index (κ3) is 4.02. The molecule has 13 heteroatoms. The van der Waals surface area contributed by atoms with Crippen LogP contribution in [0.4, 0.5) is 13.2 Å². The summed E-state index contributed by atoms with van der Waals surface area (Å²) in [5.41, 5.74) is 0.712. The van der Waals surface area contributed by atoms with Gasteiger partial charge in [0, 0.05) is 18.8 Å². The van der Waals surface area contributed by atoms with Crippen molar-refractivity contribution in [2.75, 3.05) is 7.11 Å². The van der Waals surface area contributed by atoms with Gasteiger partial charge in [0.1, 0.15) is 5.82 Å². The number of aryl methyl sites for hydroxylation is 1. The largest absolute Gasteiger partial charge is 0.481 e. The number of hydrogen-bond donors (Lipinski definition) is 2. The second kappa shape index (κ2) is 7.01. The molecule has 3 aromatic heterocycles. The third-order valence-corrected chi connectivity index (χ3v) is 3.36. The van der Waals surface area contributed by atoms with Crippen LogP contribution in [0.2, 0.25) is 0 Å². The Morgan fingerprint density at radius 1 is 1.33 bits per heavy atom. The second-order valence-electron chi connectivity index (χ2n) is 5.27. The fraction of sp³-hybridized carbons (Fsp3) is 0.286. The standard InChI is InChI=1S/C14H13F3N8O2/c1-7-20-10(11(26)19-6-8-3-4-9(27-2)18-5-8)24-25(7)13-21-12(22-23-13)14(15,16)17/h3-5H,6H2,1-2H3,(H,19,26)(H,21,22,23). The van der Waals surface area contributed by atoms with Crippen molar-refractivity contribution < 1.29 is 22.7 Å². The van der Waals surface area contributed by atoms with Gasteiger partial charge in [0.05, 0.1) is 7.11 Å². The van der Waals surface area contributed by atoms with E-state index in [1.807, 2.05) is 0 Å². The molecule has 0 atom stereocenters. The highest BCUT2D eigenvalue weighted by Crippen LogP contribution is 2.26. The molecule has 3 aromatic rings. The van der Waals surface area contributed by atoms with Crippen LogP contribution in [0.25, 0.3) is 5.95 Å². The highest BCUT2D eigenvalue weighted by Gasteiger charge is 2.35. The summed E-state index contributed by atoms with van der Waals surface area (Å²) in [6, 6.07) is 3.36. The van der Waals surface area contributed by atoms with Crippen molar-refractivity contribution in [1.82, 2.24) is 40.2 Å². The van der Waals surface area contributed by atoms with Crippen molar-refractivity contribution in [3.8, 4) is 11.8 Å². The topological polar surface area (TPSA) is 123 Å². The van der Waals surface area contributed by atoms with E-state index in [1.54, 1.807) is 17.2 Å². The molecule has 0 radical (unpaired) electrons. The molecule has 0 aromatic carbocycles. The number of methoxy groups -OCH3 is 1. The van der Waals surface area contributed by atoms with Crippen LogP contribution in [0.1, 0.15) is 27.8 Å². The van der Waals surface area contributed by atoms with Crippen LogP contribution in [-0.4, -0.2) is 47.9 Å². The van der Waals surface area contributed by atoms with Crippen molar-refractivity contribution in [2.24, 2.45) is 0 Å². The minimum Gasteiger partial charge on any atom is -0.481 e. The lowest BCUT2D eigenvalue weighted by Gasteiger charge is -2.03. The fourth-order valence-corrected chi connectivity index (χ4v) is 2.05. The van der Waals surface area contributed by atoms with Crippen molar-refractivity contribution in [1.29, 1.82) is 0 Å². The molecule has 0 aliphatic rings. The molecule has 0 saturated heterocycles. The monoisotopic (exact) mass is 382 g/mol. The van der Waals surface area contributed by atoms with Gasteiger partial charge in [-0.2, -0.15) is 22.8 Å². The minimum absolute atomic E-state index is 0.152. The van der Waals surface area contributed by atoms with Crippen LogP contribution in [0.15, 0.2) is 18.3 Å². The molecule has 27 heavy (non-hydrogen) atoms. The van der Waals surface area contributed by atoms with Crippen molar-refractivity contribution in [2.45, 2.75) is 19.6 Å². The summed E-state index contributed by atoms with van der Waals surface area (Å²) in [5.74, 6) is -1.90. The molecule has 0 aliphatic carbocycles. The molecular formula is C14H13F3N8O2. The number of pyridine rings is 1. The predicted molar refractivity (Wildman–Crippen MR) is 83.0 cm³/mol. The highest BCUT2D eigenvalue weighted by molar-refractivity contribution is 5.90. The van der Waals surface area contributed by atoms with Gasteiger partial charge in [-0.3, -0.25) is 9.89 Å². The normalized spacial score (nSPS) is 11.4. The van der Waals surface area contributed by atoms with E-state index in [0.29, 0.717) is 11.4 Å². The van der Waals surface area contributed by atoms with Gasteiger partial charge in [-0.25, -0.2) is 9.97 Å². The van der Waals surface area contributed by atoms with Gasteiger partial charge in [-0.15, -0.1) is 10.2 Å². The van der Waals surface area contributed by atoms with Gasteiger partial charge >= 0.3 is 6.18 Å². The Balaban J connectivity index is 1.71. The summed E-state index contributed by atoms with van der Waals surface area (Å²) in [6.07, 6.45) is -3.14. The van der Waals surface area contributed by atoms with E-state index >= 15 is 0 Å². The molecule has 1 amide bonds. The molecule has 3 heterocycles. The number of ether oxygens (including phenoxy) is 1. The van der Waals surface area contributed by atoms with Crippen LogP contribution in [0.5, 0.6) is 5.88 Å². The van der Waals surface area contributed by atoms with E-state index in [2.05, 4.69) is 30.5 Å². The van der Waals surface area contributed by atoms with Gasteiger partial charge in [-0.1, -0.05) is 6.07 Å². The maximum Gasteiger partial charge on any atom is 0.451 e. The van der Waals surface area contributed by atoms with Gasteiger partial charge in [0.25, 0.3) is 11.9 Å². The van der Waals surface area contributed by atoms with Gasteiger partial charge in [-0.05, 0) is 12.5 Å². The van der Waals surface area contributed by atoms with Crippen molar-refractivity contribution in [3.05, 3.63) is 41.4 Å². The molecule has 0 unspecified atom stereocenters. The van der Waals surface area contributed by atoms with E-state index in [0.717, 1.165) is 4.68 Å². The van der Waals surface area contributed by atoms with Crippen LogP contribution in [0.3, 0.4) is 0 Å². The fourth-order valence-electron chi connectivity index (χ4n) is 2.05. The van der Waals surface area contributed by atoms with E-state index in [-0.39, 0.29) is 24.1 Å².